The molecule has 1 heterocycles. The lowest BCUT2D eigenvalue weighted by Gasteiger charge is -1.92. The minimum absolute atomic E-state index is 1.05. The van der Waals surface area contributed by atoms with Gasteiger partial charge in [-0.3, -0.25) is 4.99 Å². The molecule has 1 aliphatic rings. The zero-order valence-corrected chi connectivity index (χ0v) is 6.33. The van der Waals surface area contributed by atoms with Gasteiger partial charge in [0.25, 0.3) is 0 Å². The van der Waals surface area contributed by atoms with Gasteiger partial charge in [0, 0.05) is 11.9 Å². The smallest absolute Gasteiger partial charge is 0.0372 e. The van der Waals surface area contributed by atoms with Gasteiger partial charge in [0.05, 0.1) is 0 Å². The van der Waals surface area contributed by atoms with Crippen molar-refractivity contribution in [3.8, 4) is 0 Å². The summed E-state index contributed by atoms with van der Waals surface area (Å²) < 4.78 is 0. The Morgan fingerprint density at radius 2 is 2.00 bits per heavy atom. The number of aliphatic imine (C=N–C) groups is 1. The van der Waals surface area contributed by atoms with Crippen molar-refractivity contribution < 1.29 is 0 Å². The van der Waals surface area contributed by atoms with Gasteiger partial charge in [-0.25, -0.2) is 0 Å². The average Bonchev–Trinajstić information content (AvgIpc) is 1.90. The third-order valence-electron chi connectivity index (χ3n) is 1.31. The summed E-state index contributed by atoms with van der Waals surface area (Å²) in [5.41, 5.74) is 2.30. The molecule has 0 aromatic carbocycles. The maximum Gasteiger partial charge on any atom is 0.0372 e. The van der Waals surface area contributed by atoms with Crippen molar-refractivity contribution in [1.82, 2.24) is 0 Å². The van der Waals surface area contributed by atoms with Crippen LogP contribution in [0, 0.1) is 0 Å². The van der Waals surface area contributed by atoms with E-state index in [0.717, 1.165) is 5.71 Å². The minimum atomic E-state index is 1.05. The molecule has 1 heteroatoms. The fourth-order valence-corrected chi connectivity index (χ4v) is 0.706. The van der Waals surface area contributed by atoms with Gasteiger partial charge in [-0.05, 0) is 26.0 Å². The normalized spacial score (nSPS) is 17.4. The first-order chi connectivity index (χ1) is 4.79. The first-order valence-corrected chi connectivity index (χ1v) is 3.35. The highest BCUT2D eigenvalue weighted by Crippen LogP contribution is 1.99. The SMILES string of the molecule is CC1=CC=CN=C(C)C=C1. The van der Waals surface area contributed by atoms with E-state index in [-0.39, 0.29) is 0 Å². The van der Waals surface area contributed by atoms with E-state index < -0.39 is 0 Å². The highest BCUT2D eigenvalue weighted by molar-refractivity contribution is 5.93. The standard InChI is InChI=1S/C9H11N/c1-8-4-3-7-10-9(2)6-5-8/h3-7H,1-2H3. The van der Waals surface area contributed by atoms with Gasteiger partial charge >= 0.3 is 0 Å². The molecule has 0 atom stereocenters. The number of hydrogen-bond acceptors (Lipinski definition) is 1. The lowest BCUT2D eigenvalue weighted by Crippen LogP contribution is -1.83. The van der Waals surface area contributed by atoms with Crippen molar-refractivity contribution in [2.75, 3.05) is 0 Å². The Morgan fingerprint density at radius 1 is 1.20 bits per heavy atom. The fourth-order valence-electron chi connectivity index (χ4n) is 0.706. The van der Waals surface area contributed by atoms with Crippen LogP contribution in [0.3, 0.4) is 0 Å². The van der Waals surface area contributed by atoms with E-state index in [1.807, 2.05) is 31.4 Å². The van der Waals surface area contributed by atoms with Crippen LogP contribution in [0.4, 0.5) is 0 Å². The van der Waals surface area contributed by atoms with Crippen LogP contribution in [0.1, 0.15) is 13.8 Å². The van der Waals surface area contributed by atoms with Crippen LogP contribution in [-0.4, -0.2) is 5.71 Å². The second kappa shape index (κ2) is 3.16. The summed E-state index contributed by atoms with van der Waals surface area (Å²) in [7, 11) is 0. The number of allylic oxidation sites excluding steroid dienone is 5. The molecule has 0 saturated heterocycles. The minimum Gasteiger partial charge on any atom is -0.262 e. The largest absolute Gasteiger partial charge is 0.262 e. The lowest BCUT2D eigenvalue weighted by atomic mass is 10.2. The summed E-state index contributed by atoms with van der Waals surface area (Å²) in [5.74, 6) is 0. The molecular formula is C9H11N. The molecule has 0 spiro atoms. The Kier molecular flexibility index (Phi) is 2.21. The second-order valence-electron chi connectivity index (χ2n) is 2.36. The molecule has 0 N–H and O–H groups in total. The molecule has 10 heavy (non-hydrogen) atoms. The van der Waals surface area contributed by atoms with E-state index in [4.69, 9.17) is 0 Å². The van der Waals surface area contributed by atoms with E-state index >= 15 is 0 Å². The van der Waals surface area contributed by atoms with Gasteiger partial charge in [0.15, 0.2) is 0 Å². The van der Waals surface area contributed by atoms with Crippen molar-refractivity contribution in [2.24, 2.45) is 4.99 Å². The Bertz CT molecular complexity index is 205. The topological polar surface area (TPSA) is 12.4 Å². The molecular weight excluding hydrogens is 122 g/mol. The zero-order chi connectivity index (χ0) is 7.40. The predicted molar refractivity (Wildman–Crippen MR) is 45.1 cm³/mol. The number of rotatable bonds is 0. The monoisotopic (exact) mass is 133 g/mol. The molecule has 0 radical (unpaired) electrons. The quantitative estimate of drug-likeness (QED) is 0.481. The van der Waals surface area contributed by atoms with E-state index in [2.05, 4.69) is 18.0 Å². The molecule has 0 bridgehead atoms. The van der Waals surface area contributed by atoms with Crippen LogP contribution in [-0.2, 0) is 0 Å². The Balaban J connectivity index is 2.85. The van der Waals surface area contributed by atoms with Crippen LogP contribution in [0.15, 0.2) is 41.1 Å². The zero-order valence-electron chi connectivity index (χ0n) is 6.33. The highest BCUT2D eigenvalue weighted by Gasteiger charge is 1.84. The maximum atomic E-state index is 4.12. The third kappa shape index (κ3) is 2.02. The molecule has 0 fully saturated rings. The molecule has 0 unspecified atom stereocenters. The molecule has 52 valence electrons. The molecule has 1 rings (SSSR count). The predicted octanol–water partition coefficient (Wildman–Crippen LogP) is 2.48. The van der Waals surface area contributed by atoms with E-state index in [0.29, 0.717) is 0 Å². The van der Waals surface area contributed by atoms with Crippen molar-refractivity contribution in [2.45, 2.75) is 13.8 Å². The maximum absolute atomic E-state index is 4.12. The molecule has 0 amide bonds. The van der Waals surface area contributed by atoms with E-state index in [1.165, 1.54) is 5.57 Å². The first kappa shape index (κ1) is 7.00. The summed E-state index contributed by atoms with van der Waals surface area (Å²) >= 11 is 0. The average molecular weight is 133 g/mol. The van der Waals surface area contributed by atoms with Gasteiger partial charge in [-0.2, -0.15) is 0 Å². The highest BCUT2D eigenvalue weighted by atomic mass is 14.7. The summed E-state index contributed by atoms with van der Waals surface area (Å²) in [6, 6.07) is 0. The van der Waals surface area contributed by atoms with Crippen LogP contribution >= 0.6 is 0 Å². The van der Waals surface area contributed by atoms with Crippen molar-refractivity contribution in [3.05, 3.63) is 36.1 Å². The number of hydrogen-bond donors (Lipinski definition) is 0. The van der Waals surface area contributed by atoms with Crippen LogP contribution in [0.25, 0.3) is 0 Å². The Morgan fingerprint density at radius 3 is 2.80 bits per heavy atom. The van der Waals surface area contributed by atoms with Crippen LogP contribution in [0.2, 0.25) is 0 Å². The number of nitrogens with zero attached hydrogens (tertiary/aromatic N) is 1. The molecule has 0 aliphatic carbocycles. The Hall–Kier alpha value is -1.11. The van der Waals surface area contributed by atoms with Crippen molar-refractivity contribution >= 4 is 5.71 Å². The first-order valence-electron chi connectivity index (χ1n) is 3.35. The molecule has 0 saturated carbocycles. The summed E-state index contributed by atoms with van der Waals surface area (Å²) in [5, 5.41) is 0. The third-order valence-corrected chi connectivity index (χ3v) is 1.31. The van der Waals surface area contributed by atoms with Gasteiger partial charge in [0.1, 0.15) is 0 Å². The van der Waals surface area contributed by atoms with E-state index in [9.17, 15) is 0 Å². The van der Waals surface area contributed by atoms with Crippen LogP contribution in [0.5, 0.6) is 0 Å². The summed E-state index contributed by atoms with van der Waals surface area (Å²) in [6.45, 7) is 4.05. The lowest BCUT2D eigenvalue weighted by molar-refractivity contribution is 1.47. The summed E-state index contributed by atoms with van der Waals surface area (Å²) in [6.07, 6.45) is 9.86. The molecule has 0 aromatic heterocycles. The molecule has 1 nitrogen and oxygen atoms in total. The van der Waals surface area contributed by atoms with Gasteiger partial charge in [0.2, 0.25) is 0 Å². The summed E-state index contributed by atoms with van der Waals surface area (Å²) in [4.78, 5) is 4.12. The van der Waals surface area contributed by atoms with E-state index in [1.54, 1.807) is 0 Å². The van der Waals surface area contributed by atoms with Gasteiger partial charge in [-0.15, -0.1) is 0 Å². The van der Waals surface area contributed by atoms with Gasteiger partial charge < -0.3 is 0 Å². The molecule has 1 aliphatic heterocycles. The van der Waals surface area contributed by atoms with Crippen molar-refractivity contribution in [1.29, 1.82) is 0 Å². The van der Waals surface area contributed by atoms with Crippen LogP contribution < -0.4 is 0 Å². The Labute approximate surface area is 61.5 Å². The second-order valence-corrected chi connectivity index (χ2v) is 2.36. The van der Waals surface area contributed by atoms with Gasteiger partial charge in [-0.1, -0.05) is 17.7 Å². The van der Waals surface area contributed by atoms with Crippen molar-refractivity contribution in [3.63, 3.8) is 0 Å². The molecule has 0 aromatic rings. The fraction of sp³-hybridized carbons (Fsp3) is 0.222.